The minimum atomic E-state index is -0.775. The third-order valence-corrected chi connectivity index (χ3v) is 3.02. The third-order valence-electron chi connectivity index (χ3n) is 3.02. The molecule has 0 aromatic carbocycles. The van der Waals surface area contributed by atoms with E-state index in [-0.39, 0.29) is 18.0 Å². The first-order valence-corrected chi connectivity index (χ1v) is 6.64. The normalized spacial score (nSPS) is 13.2. The van der Waals surface area contributed by atoms with Crippen molar-refractivity contribution in [3.63, 3.8) is 0 Å². The van der Waals surface area contributed by atoms with Gasteiger partial charge >= 0.3 is 12.0 Å². The van der Waals surface area contributed by atoms with Crippen LogP contribution in [0.25, 0.3) is 0 Å². The van der Waals surface area contributed by atoms with Crippen molar-refractivity contribution in [1.82, 2.24) is 10.2 Å². The van der Waals surface area contributed by atoms with Gasteiger partial charge in [-0.15, -0.1) is 6.42 Å². The Morgan fingerprint density at radius 3 is 2.47 bits per heavy atom. The summed E-state index contributed by atoms with van der Waals surface area (Å²) in [7, 11) is 0. The molecule has 0 bridgehead atoms. The number of nitrogens with zero attached hydrogens (tertiary/aromatic N) is 1. The van der Waals surface area contributed by atoms with E-state index in [1.165, 1.54) is 0 Å². The first-order chi connectivity index (χ1) is 8.92. The Hall–Kier alpha value is -1.70. The largest absolute Gasteiger partial charge is 0.481 e. The van der Waals surface area contributed by atoms with Crippen LogP contribution in [0.4, 0.5) is 4.79 Å². The van der Waals surface area contributed by atoms with Crippen LogP contribution in [0, 0.1) is 18.3 Å². The predicted molar refractivity (Wildman–Crippen MR) is 74.7 cm³/mol. The fourth-order valence-corrected chi connectivity index (χ4v) is 1.67. The van der Waals surface area contributed by atoms with Gasteiger partial charge < -0.3 is 15.3 Å². The molecular formula is C14H24N2O3. The molecule has 0 aromatic rings. The Bertz CT molecular complexity index is 336. The molecule has 0 saturated heterocycles. The molecule has 5 heteroatoms. The van der Waals surface area contributed by atoms with Gasteiger partial charge in [-0.3, -0.25) is 4.79 Å². The van der Waals surface area contributed by atoms with Crippen LogP contribution in [0.2, 0.25) is 0 Å². The Morgan fingerprint density at radius 2 is 2.00 bits per heavy atom. The summed E-state index contributed by atoms with van der Waals surface area (Å²) < 4.78 is 0. The molecule has 0 saturated carbocycles. The summed E-state index contributed by atoms with van der Waals surface area (Å²) in [4.78, 5) is 24.0. The molecule has 0 aliphatic heterocycles. The van der Waals surface area contributed by atoms with Gasteiger partial charge in [-0.1, -0.05) is 19.3 Å². The van der Waals surface area contributed by atoms with Crippen LogP contribution in [-0.4, -0.2) is 41.1 Å². The van der Waals surface area contributed by atoms with E-state index in [4.69, 9.17) is 11.5 Å². The number of urea groups is 1. The van der Waals surface area contributed by atoms with Gasteiger partial charge in [0.25, 0.3) is 0 Å². The summed E-state index contributed by atoms with van der Waals surface area (Å²) >= 11 is 0. The van der Waals surface area contributed by atoms with Gasteiger partial charge in [-0.05, 0) is 26.7 Å². The van der Waals surface area contributed by atoms with Gasteiger partial charge in [0.1, 0.15) is 0 Å². The summed E-state index contributed by atoms with van der Waals surface area (Å²) in [6.07, 6.45) is 7.35. The van der Waals surface area contributed by atoms with Crippen molar-refractivity contribution in [3.8, 4) is 12.3 Å². The molecule has 0 aliphatic rings. The zero-order valence-corrected chi connectivity index (χ0v) is 12.0. The number of carboxylic acids is 1. The van der Waals surface area contributed by atoms with E-state index in [1.807, 2.05) is 13.8 Å². The SMILES string of the molecule is C#CCN(CC)C(=O)NC(C)CCCC(C)C(=O)O. The molecule has 2 amide bonds. The van der Waals surface area contributed by atoms with E-state index in [0.717, 1.165) is 12.8 Å². The molecule has 0 aromatic heterocycles. The second-order valence-electron chi connectivity index (χ2n) is 4.74. The molecule has 19 heavy (non-hydrogen) atoms. The maximum atomic E-state index is 11.8. The van der Waals surface area contributed by atoms with Crippen LogP contribution in [-0.2, 0) is 4.79 Å². The minimum absolute atomic E-state index is 0.0142. The number of carbonyl (C=O) groups is 2. The van der Waals surface area contributed by atoms with Gasteiger partial charge in [-0.2, -0.15) is 0 Å². The highest BCUT2D eigenvalue weighted by molar-refractivity contribution is 5.74. The Morgan fingerprint density at radius 1 is 1.37 bits per heavy atom. The number of hydrogen-bond acceptors (Lipinski definition) is 2. The fourth-order valence-electron chi connectivity index (χ4n) is 1.67. The van der Waals surface area contributed by atoms with Crippen molar-refractivity contribution in [2.24, 2.45) is 5.92 Å². The van der Waals surface area contributed by atoms with Crippen molar-refractivity contribution in [1.29, 1.82) is 0 Å². The monoisotopic (exact) mass is 268 g/mol. The number of amides is 2. The molecule has 0 heterocycles. The lowest BCUT2D eigenvalue weighted by Crippen LogP contribution is -2.44. The Balaban J connectivity index is 3.97. The lowest BCUT2D eigenvalue weighted by molar-refractivity contribution is -0.141. The summed E-state index contributed by atoms with van der Waals surface area (Å²) in [6, 6.07) is -0.153. The fraction of sp³-hybridized carbons (Fsp3) is 0.714. The number of rotatable bonds is 8. The zero-order chi connectivity index (χ0) is 14.8. The van der Waals surface area contributed by atoms with Crippen LogP contribution in [0.3, 0.4) is 0 Å². The van der Waals surface area contributed by atoms with Crippen molar-refractivity contribution < 1.29 is 14.7 Å². The lowest BCUT2D eigenvalue weighted by Gasteiger charge is -2.22. The van der Waals surface area contributed by atoms with Crippen LogP contribution in [0.15, 0.2) is 0 Å². The maximum absolute atomic E-state index is 11.8. The molecule has 2 atom stereocenters. The number of terminal acetylenes is 1. The highest BCUT2D eigenvalue weighted by Crippen LogP contribution is 2.09. The van der Waals surface area contributed by atoms with E-state index < -0.39 is 5.97 Å². The number of aliphatic carboxylic acids is 1. The van der Waals surface area contributed by atoms with Gasteiger partial charge in [0.15, 0.2) is 0 Å². The summed E-state index contributed by atoms with van der Waals surface area (Å²) in [6.45, 7) is 6.34. The second-order valence-corrected chi connectivity index (χ2v) is 4.74. The van der Waals surface area contributed by atoms with E-state index >= 15 is 0 Å². The summed E-state index contributed by atoms with van der Waals surface area (Å²) in [5.74, 6) is 1.33. The highest BCUT2D eigenvalue weighted by Gasteiger charge is 2.14. The molecule has 0 fully saturated rings. The smallest absolute Gasteiger partial charge is 0.318 e. The van der Waals surface area contributed by atoms with E-state index in [9.17, 15) is 9.59 Å². The molecule has 0 rings (SSSR count). The highest BCUT2D eigenvalue weighted by atomic mass is 16.4. The predicted octanol–water partition coefficient (Wildman–Crippen LogP) is 1.93. The van der Waals surface area contributed by atoms with Crippen LogP contribution >= 0.6 is 0 Å². The first-order valence-electron chi connectivity index (χ1n) is 6.64. The second kappa shape index (κ2) is 9.26. The lowest BCUT2D eigenvalue weighted by atomic mass is 10.0. The summed E-state index contributed by atoms with van der Waals surface area (Å²) in [5, 5.41) is 11.6. The topological polar surface area (TPSA) is 69.6 Å². The standard InChI is InChI=1S/C14H24N2O3/c1-5-10-16(6-2)14(19)15-12(4)9-7-8-11(3)13(17)18/h1,11-12H,6-10H2,2-4H3,(H,15,19)(H,17,18). The molecule has 108 valence electrons. The first kappa shape index (κ1) is 17.3. The molecule has 5 nitrogen and oxygen atoms in total. The number of carbonyl (C=O) groups excluding carboxylic acids is 1. The van der Waals surface area contributed by atoms with Gasteiger partial charge in [0.05, 0.1) is 12.5 Å². The third kappa shape index (κ3) is 7.35. The molecule has 2 unspecified atom stereocenters. The van der Waals surface area contributed by atoms with Crippen molar-refractivity contribution in [2.75, 3.05) is 13.1 Å². The maximum Gasteiger partial charge on any atom is 0.318 e. The van der Waals surface area contributed by atoms with Crippen LogP contribution in [0.5, 0.6) is 0 Å². The molecule has 0 spiro atoms. The number of nitrogens with one attached hydrogen (secondary N) is 1. The van der Waals surface area contributed by atoms with Crippen molar-refractivity contribution in [3.05, 3.63) is 0 Å². The van der Waals surface area contributed by atoms with Crippen LogP contribution in [0.1, 0.15) is 40.0 Å². The molecular weight excluding hydrogens is 244 g/mol. The number of hydrogen-bond donors (Lipinski definition) is 2. The molecule has 0 radical (unpaired) electrons. The van der Waals surface area contributed by atoms with Gasteiger partial charge in [0, 0.05) is 12.6 Å². The quantitative estimate of drug-likeness (QED) is 0.661. The average molecular weight is 268 g/mol. The Kier molecular flexibility index (Phi) is 8.43. The molecule has 2 N–H and O–H groups in total. The average Bonchev–Trinajstić information content (AvgIpc) is 2.35. The van der Waals surface area contributed by atoms with Crippen molar-refractivity contribution >= 4 is 12.0 Å². The van der Waals surface area contributed by atoms with Gasteiger partial charge in [0.2, 0.25) is 0 Å². The zero-order valence-electron chi connectivity index (χ0n) is 12.0. The van der Waals surface area contributed by atoms with Gasteiger partial charge in [-0.25, -0.2) is 4.79 Å². The minimum Gasteiger partial charge on any atom is -0.481 e. The summed E-state index contributed by atoms with van der Waals surface area (Å²) in [5.41, 5.74) is 0. The van der Waals surface area contributed by atoms with Crippen LogP contribution < -0.4 is 5.32 Å². The Labute approximate surface area is 115 Å². The molecule has 0 aliphatic carbocycles. The van der Waals surface area contributed by atoms with Crippen molar-refractivity contribution in [2.45, 2.75) is 46.1 Å². The van der Waals surface area contributed by atoms with E-state index in [0.29, 0.717) is 19.5 Å². The van der Waals surface area contributed by atoms with E-state index in [1.54, 1.807) is 11.8 Å². The van der Waals surface area contributed by atoms with E-state index in [2.05, 4.69) is 11.2 Å². The number of carboxylic acid groups (broad SMARTS) is 1.